The molecule has 0 amide bonds. The molecule has 4 nitrogen and oxygen atoms in total. The summed E-state index contributed by atoms with van der Waals surface area (Å²) in [5, 5.41) is 20.4. The maximum absolute atomic E-state index is 10.8. The molecule has 0 saturated heterocycles. The summed E-state index contributed by atoms with van der Waals surface area (Å²) in [5.74, 6) is 0. The highest BCUT2D eigenvalue weighted by Crippen LogP contribution is 2.27. The summed E-state index contributed by atoms with van der Waals surface area (Å²) in [7, 11) is 0. The van der Waals surface area contributed by atoms with Crippen LogP contribution in [0, 0.1) is 10.1 Å². The molecule has 0 aliphatic heterocycles. The van der Waals surface area contributed by atoms with E-state index in [1.807, 2.05) is 6.92 Å². The van der Waals surface area contributed by atoms with Crippen LogP contribution in [0.1, 0.15) is 19.8 Å². The van der Waals surface area contributed by atoms with E-state index in [1.54, 1.807) is 12.2 Å². The molecule has 72 valence electrons. The van der Waals surface area contributed by atoms with Crippen molar-refractivity contribution < 1.29 is 10.0 Å². The fourth-order valence-corrected chi connectivity index (χ4v) is 1.55. The standard InChI is InChI=1S/C9H13NO3/c1-2-6-9(10(12)13)7-4-3-5-8(9)11/h3-5,7-8,11H,2,6H2,1H3. The molecule has 13 heavy (non-hydrogen) atoms. The molecule has 2 unspecified atom stereocenters. The Bertz CT molecular complexity index is 260. The first-order valence-corrected chi connectivity index (χ1v) is 4.32. The number of aliphatic hydroxyl groups is 1. The van der Waals surface area contributed by atoms with Crippen molar-refractivity contribution in [1.29, 1.82) is 0 Å². The highest BCUT2D eigenvalue weighted by molar-refractivity contribution is 5.22. The predicted octanol–water partition coefficient (Wildman–Crippen LogP) is 1.29. The minimum Gasteiger partial charge on any atom is -0.381 e. The van der Waals surface area contributed by atoms with Gasteiger partial charge in [-0.3, -0.25) is 10.1 Å². The summed E-state index contributed by atoms with van der Waals surface area (Å²) in [6.45, 7) is 1.87. The Morgan fingerprint density at radius 2 is 2.31 bits per heavy atom. The van der Waals surface area contributed by atoms with Crippen LogP contribution < -0.4 is 0 Å². The van der Waals surface area contributed by atoms with Gasteiger partial charge in [0.05, 0.1) is 0 Å². The van der Waals surface area contributed by atoms with Gasteiger partial charge in [-0.15, -0.1) is 0 Å². The van der Waals surface area contributed by atoms with Crippen LogP contribution in [0.25, 0.3) is 0 Å². The van der Waals surface area contributed by atoms with Gasteiger partial charge in [0, 0.05) is 11.3 Å². The summed E-state index contributed by atoms with van der Waals surface area (Å²) >= 11 is 0. The number of hydrogen-bond acceptors (Lipinski definition) is 3. The third-order valence-electron chi connectivity index (χ3n) is 2.29. The van der Waals surface area contributed by atoms with Gasteiger partial charge in [0.15, 0.2) is 0 Å². The highest BCUT2D eigenvalue weighted by Gasteiger charge is 2.46. The predicted molar refractivity (Wildman–Crippen MR) is 48.9 cm³/mol. The second-order valence-electron chi connectivity index (χ2n) is 3.19. The zero-order valence-electron chi connectivity index (χ0n) is 7.51. The molecule has 0 radical (unpaired) electrons. The van der Waals surface area contributed by atoms with Crippen LogP contribution in [-0.2, 0) is 0 Å². The largest absolute Gasteiger partial charge is 0.381 e. The van der Waals surface area contributed by atoms with Crippen molar-refractivity contribution in [1.82, 2.24) is 0 Å². The molecule has 0 aromatic carbocycles. The van der Waals surface area contributed by atoms with E-state index in [4.69, 9.17) is 0 Å². The Morgan fingerprint density at radius 1 is 1.62 bits per heavy atom. The quantitative estimate of drug-likeness (QED) is 0.529. The molecule has 0 saturated carbocycles. The number of allylic oxidation sites excluding steroid dienone is 2. The van der Waals surface area contributed by atoms with Gasteiger partial charge in [0.2, 0.25) is 0 Å². The van der Waals surface area contributed by atoms with E-state index in [0.29, 0.717) is 12.8 Å². The van der Waals surface area contributed by atoms with Gasteiger partial charge in [-0.2, -0.15) is 0 Å². The lowest BCUT2D eigenvalue weighted by Crippen LogP contribution is -2.47. The van der Waals surface area contributed by atoms with Crippen LogP contribution in [0.4, 0.5) is 0 Å². The molecule has 4 heteroatoms. The molecule has 1 aliphatic carbocycles. The third-order valence-corrected chi connectivity index (χ3v) is 2.29. The van der Waals surface area contributed by atoms with Gasteiger partial charge in [0.25, 0.3) is 5.54 Å². The second kappa shape index (κ2) is 3.70. The first-order valence-electron chi connectivity index (χ1n) is 4.32. The summed E-state index contributed by atoms with van der Waals surface area (Å²) < 4.78 is 0. The Labute approximate surface area is 76.7 Å². The van der Waals surface area contributed by atoms with E-state index in [9.17, 15) is 15.2 Å². The van der Waals surface area contributed by atoms with Gasteiger partial charge < -0.3 is 5.11 Å². The van der Waals surface area contributed by atoms with E-state index in [-0.39, 0.29) is 0 Å². The molecule has 0 heterocycles. The Hall–Kier alpha value is -1.16. The number of nitrogens with zero attached hydrogens (tertiary/aromatic N) is 1. The van der Waals surface area contributed by atoms with Crippen molar-refractivity contribution >= 4 is 0 Å². The van der Waals surface area contributed by atoms with Crippen LogP contribution in [0.3, 0.4) is 0 Å². The maximum atomic E-state index is 10.8. The first-order chi connectivity index (χ1) is 6.13. The fraction of sp³-hybridized carbons (Fsp3) is 0.556. The lowest BCUT2D eigenvalue weighted by Gasteiger charge is -2.26. The van der Waals surface area contributed by atoms with Gasteiger partial charge in [-0.25, -0.2) is 0 Å². The fourth-order valence-electron chi connectivity index (χ4n) is 1.55. The first kappa shape index (κ1) is 9.92. The van der Waals surface area contributed by atoms with Gasteiger partial charge in [-0.05, 0) is 18.6 Å². The van der Waals surface area contributed by atoms with Crippen molar-refractivity contribution in [2.24, 2.45) is 0 Å². The lowest BCUT2D eigenvalue weighted by molar-refractivity contribution is -0.566. The minimum absolute atomic E-state index is 0.363. The van der Waals surface area contributed by atoms with E-state index < -0.39 is 16.6 Å². The minimum atomic E-state index is -1.30. The zero-order chi connectivity index (χ0) is 9.90. The van der Waals surface area contributed by atoms with Crippen molar-refractivity contribution in [3.63, 3.8) is 0 Å². The summed E-state index contributed by atoms with van der Waals surface area (Å²) in [5.41, 5.74) is -1.30. The molecule has 1 rings (SSSR count). The van der Waals surface area contributed by atoms with Crippen LogP contribution in [0.15, 0.2) is 24.3 Å². The molecule has 2 atom stereocenters. The Morgan fingerprint density at radius 3 is 2.77 bits per heavy atom. The normalized spacial score (nSPS) is 32.0. The average Bonchev–Trinajstić information content (AvgIpc) is 2.09. The summed E-state index contributed by atoms with van der Waals surface area (Å²) in [6.07, 6.45) is 6.21. The molecule has 0 aromatic rings. The number of nitro groups is 1. The highest BCUT2D eigenvalue weighted by atomic mass is 16.6. The average molecular weight is 183 g/mol. The number of aliphatic hydroxyl groups excluding tert-OH is 1. The smallest absolute Gasteiger partial charge is 0.269 e. The summed E-state index contributed by atoms with van der Waals surface area (Å²) in [6, 6.07) is 0. The van der Waals surface area contributed by atoms with Crippen molar-refractivity contribution in [3.05, 3.63) is 34.4 Å². The Balaban J connectivity index is 2.96. The van der Waals surface area contributed by atoms with Crippen LogP contribution >= 0.6 is 0 Å². The third kappa shape index (κ3) is 1.62. The van der Waals surface area contributed by atoms with Gasteiger partial charge >= 0.3 is 0 Å². The van der Waals surface area contributed by atoms with Gasteiger partial charge in [0.1, 0.15) is 6.10 Å². The molecule has 0 fully saturated rings. The molecule has 0 bridgehead atoms. The molecule has 0 aromatic heterocycles. The van der Waals surface area contributed by atoms with E-state index in [0.717, 1.165) is 0 Å². The SMILES string of the molecule is CCCC1([N+](=O)[O-])C=CC=CC1O. The van der Waals surface area contributed by atoms with E-state index >= 15 is 0 Å². The van der Waals surface area contributed by atoms with Crippen molar-refractivity contribution in [3.8, 4) is 0 Å². The lowest BCUT2D eigenvalue weighted by atomic mass is 9.85. The molecular weight excluding hydrogens is 170 g/mol. The van der Waals surface area contributed by atoms with Crippen molar-refractivity contribution in [2.75, 3.05) is 0 Å². The van der Waals surface area contributed by atoms with E-state index in [2.05, 4.69) is 0 Å². The van der Waals surface area contributed by atoms with Crippen LogP contribution in [0.2, 0.25) is 0 Å². The molecule has 1 N–H and O–H groups in total. The molecule has 1 aliphatic rings. The topological polar surface area (TPSA) is 63.4 Å². The Kier molecular flexibility index (Phi) is 2.83. The maximum Gasteiger partial charge on any atom is 0.269 e. The second-order valence-corrected chi connectivity index (χ2v) is 3.19. The summed E-state index contributed by atoms with van der Waals surface area (Å²) in [4.78, 5) is 10.4. The van der Waals surface area contributed by atoms with Crippen LogP contribution in [0.5, 0.6) is 0 Å². The molecule has 0 spiro atoms. The molecular formula is C9H13NO3. The van der Waals surface area contributed by atoms with Crippen molar-refractivity contribution in [2.45, 2.75) is 31.4 Å². The monoisotopic (exact) mass is 183 g/mol. The van der Waals surface area contributed by atoms with Gasteiger partial charge in [-0.1, -0.05) is 19.1 Å². The zero-order valence-corrected chi connectivity index (χ0v) is 7.51. The van der Waals surface area contributed by atoms with E-state index in [1.165, 1.54) is 12.2 Å². The van der Waals surface area contributed by atoms with Crippen LogP contribution in [-0.4, -0.2) is 21.7 Å². The number of hydrogen-bond donors (Lipinski definition) is 1. The number of rotatable bonds is 3.